The molecule has 0 aliphatic carbocycles. The van der Waals surface area contributed by atoms with E-state index in [0.29, 0.717) is 13.0 Å². The number of hydrogen-bond acceptors (Lipinski definition) is 3. The molecule has 0 saturated carbocycles. The molecule has 0 aromatic rings. The van der Waals surface area contributed by atoms with Gasteiger partial charge in [0, 0.05) is 6.61 Å². The number of unbranched alkanes of at least 4 members (excludes halogenated alkanes) is 1. The first kappa shape index (κ1) is 22.8. The molecule has 2 N–H and O–H groups in total. The van der Waals surface area contributed by atoms with Gasteiger partial charge in [-0.1, -0.05) is 23.3 Å². The molecule has 0 fully saturated rings. The molecular formula is C16H32O5P2. The zero-order chi connectivity index (χ0) is 17.9. The van der Waals surface area contributed by atoms with E-state index >= 15 is 0 Å². The highest BCUT2D eigenvalue weighted by Gasteiger charge is 2.33. The van der Waals surface area contributed by atoms with Crippen LogP contribution in [-0.2, 0) is 13.9 Å². The quantitative estimate of drug-likeness (QED) is 0.291. The van der Waals surface area contributed by atoms with Crippen LogP contribution >= 0.6 is 15.4 Å². The van der Waals surface area contributed by atoms with Crippen LogP contribution in [0.1, 0.15) is 59.8 Å². The summed E-state index contributed by atoms with van der Waals surface area (Å²) in [5.41, 5.74) is 2.58. The van der Waals surface area contributed by atoms with Crippen LogP contribution in [0.15, 0.2) is 23.3 Å². The molecule has 0 radical (unpaired) electrons. The Kier molecular flexibility index (Phi) is 12.1. The highest BCUT2D eigenvalue weighted by atomic mass is 31.2. The van der Waals surface area contributed by atoms with E-state index in [9.17, 15) is 18.9 Å². The van der Waals surface area contributed by atoms with E-state index in [1.165, 1.54) is 11.1 Å². The van der Waals surface area contributed by atoms with E-state index in [1.807, 2.05) is 0 Å². The Morgan fingerprint density at radius 2 is 1.87 bits per heavy atom. The van der Waals surface area contributed by atoms with Crippen molar-refractivity contribution in [1.29, 1.82) is 0 Å². The molecule has 2 unspecified atom stereocenters. The van der Waals surface area contributed by atoms with E-state index in [-0.39, 0.29) is 12.8 Å². The van der Waals surface area contributed by atoms with Gasteiger partial charge in [0.25, 0.3) is 0 Å². The molecular weight excluding hydrogens is 334 g/mol. The van der Waals surface area contributed by atoms with Crippen molar-refractivity contribution in [3.63, 3.8) is 0 Å². The first-order valence-electron chi connectivity index (χ1n) is 8.13. The van der Waals surface area contributed by atoms with Crippen molar-refractivity contribution in [2.75, 3.05) is 13.0 Å². The predicted molar refractivity (Wildman–Crippen MR) is 97.6 cm³/mol. The third kappa shape index (κ3) is 11.9. The molecule has 0 aliphatic rings. The Morgan fingerprint density at radius 3 is 2.39 bits per heavy atom. The molecule has 0 saturated heterocycles. The Labute approximate surface area is 141 Å². The summed E-state index contributed by atoms with van der Waals surface area (Å²) in [5, 5.41) is -1.06. The minimum atomic E-state index is -4.34. The summed E-state index contributed by atoms with van der Waals surface area (Å²) in [6.45, 7) is 8.39. The zero-order valence-electron chi connectivity index (χ0n) is 14.7. The maximum atomic E-state index is 12.0. The first-order chi connectivity index (χ1) is 10.7. The topological polar surface area (TPSA) is 83.8 Å². The van der Waals surface area contributed by atoms with Gasteiger partial charge in [-0.3, -0.25) is 4.57 Å². The summed E-state index contributed by atoms with van der Waals surface area (Å²) in [5.74, 6) is 0. The highest BCUT2D eigenvalue weighted by Crippen LogP contribution is 2.55. The predicted octanol–water partition coefficient (Wildman–Crippen LogP) is 4.91. The van der Waals surface area contributed by atoms with Crippen molar-refractivity contribution in [2.45, 2.75) is 65.2 Å². The largest absolute Gasteiger partial charge is 0.374 e. The monoisotopic (exact) mass is 366 g/mol. The van der Waals surface area contributed by atoms with Gasteiger partial charge in [0.2, 0.25) is 0 Å². The Morgan fingerprint density at radius 1 is 1.22 bits per heavy atom. The van der Waals surface area contributed by atoms with Crippen molar-refractivity contribution in [2.24, 2.45) is 0 Å². The van der Waals surface area contributed by atoms with E-state index in [2.05, 4.69) is 32.9 Å². The lowest BCUT2D eigenvalue weighted by Gasteiger charge is -2.17. The van der Waals surface area contributed by atoms with Gasteiger partial charge in [0.15, 0.2) is 0 Å². The SMILES string of the molecule is CCOC[PH](=O)C(CCCC=C(C)CCC=C(C)C)P(=O)(O)O. The number of rotatable bonds is 12. The van der Waals surface area contributed by atoms with Gasteiger partial charge >= 0.3 is 7.60 Å². The lowest BCUT2D eigenvalue weighted by molar-refractivity contribution is 0.193. The van der Waals surface area contributed by atoms with Crippen molar-refractivity contribution < 1.29 is 23.7 Å². The summed E-state index contributed by atoms with van der Waals surface area (Å²) in [6, 6.07) is 0. The lowest BCUT2D eigenvalue weighted by atomic mass is 10.1. The van der Waals surface area contributed by atoms with Crippen LogP contribution in [0.5, 0.6) is 0 Å². The second-order valence-electron chi connectivity index (χ2n) is 6.01. The summed E-state index contributed by atoms with van der Waals surface area (Å²) in [4.78, 5) is 18.8. The van der Waals surface area contributed by atoms with E-state index in [0.717, 1.165) is 19.3 Å². The molecule has 0 amide bonds. The van der Waals surface area contributed by atoms with Crippen LogP contribution in [0.3, 0.4) is 0 Å². The average molecular weight is 366 g/mol. The highest BCUT2D eigenvalue weighted by molar-refractivity contribution is 7.67. The summed E-state index contributed by atoms with van der Waals surface area (Å²) in [6.07, 6.45) is 7.91. The number of allylic oxidation sites excluding steroid dienone is 4. The fourth-order valence-electron chi connectivity index (χ4n) is 2.17. The fraction of sp³-hybridized carbons (Fsp3) is 0.750. The van der Waals surface area contributed by atoms with Crippen LogP contribution in [0.25, 0.3) is 0 Å². The van der Waals surface area contributed by atoms with E-state index < -0.39 is 20.8 Å². The fourth-order valence-corrected chi connectivity index (χ4v) is 5.53. The summed E-state index contributed by atoms with van der Waals surface area (Å²) >= 11 is 0. The third-order valence-corrected chi connectivity index (χ3v) is 7.96. The van der Waals surface area contributed by atoms with E-state index in [1.54, 1.807) is 6.92 Å². The van der Waals surface area contributed by atoms with Gasteiger partial charge in [-0.15, -0.1) is 0 Å². The molecule has 5 nitrogen and oxygen atoms in total. The van der Waals surface area contributed by atoms with Crippen molar-refractivity contribution in [1.82, 2.24) is 0 Å². The lowest BCUT2D eigenvalue weighted by Crippen LogP contribution is -2.06. The Bertz CT molecular complexity index is 461. The smallest absolute Gasteiger partial charge is 0.335 e. The molecule has 0 aliphatic heterocycles. The van der Waals surface area contributed by atoms with Crippen LogP contribution in [0, 0.1) is 0 Å². The molecule has 0 aromatic heterocycles. The minimum Gasteiger partial charge on any atom is -0.374 e. The van der Waals surface area contributed by atoms with Crippen molar-refractivity contribution in [3.05, 3.63) is 23.3 Å². The Hall–Kier alpha value is -0.180. The maximum absolute atomic E-state index is 12.0. The number of hydrogen-bond donors (Lipinski definition) is 2. The standard InChI is InChI=1S/C16H32O5P2/c1-5-21-13-22(17)16(23(18,19)20)12-7-6-10-15(4)11-8-9-14(2)3/h9-10,16,22H,5-8,11-13H2,1-4H3,(H2,18,19,20). The van der Waals surface area contributed by atoms with Gasteiger partial charge in [0.1, 0.15) is 13.2 Å². The first-order valence-corrected chi connectivity index (χ1v) is 11.5. The van der Waals surface area contributed by atoms with Gasteiger partial charge in [-0.2, -0.15) is 0 Å². The van der Waals surface area contributed by atoms with Crippen LogP contribution in [-0.4, -0.2) is 28.1 Å². The molecule has 136 valence electrons. The van der Waals surface area contributed by atoms with E-state index in [4.69, 9.17) is 4.74 Å². The van der Waals surface area contributed by atoms with Gasteiger partial charge in [-0.05, 0) is 59.8 Å². The van der Waals surface area contributed by atoms with Gasteiger partial charge in [-0.25, -0.2) is 0 Å². The summed E-state index contributed by atoms with van der Waals surface area (Å²) < 4.78 is 28.6. The zero-order valence-corrected chi connectivity index (χ0v) is 16.6. The molecule has 2 atom stereocenters. The van der Waals surface area contributed by atoms with Crippen LogP contribution in [0.2, 0.25) is 0 Å². The second-order valence-corrected chi connectivity index (χ2v) is 10.2. The normalized spacial score (nSPS) is 15.3. The van der Waals surface area contributed by atoms with Gasteiger partial charge in [0.05, 0.1) is 6.35 Å². The molecule has 0 spiro atoms. The van der Waals surface area contributed by atoms with Gasteiger partial charge < -0.3 is 19.1 Å². The second kappa shape index (κ2) is 12.2. The molecule has 23 heavy (non-hydrogen) atoms. The number of ether oxygens (including phenoxy) is 1. The molecule has 0 aromatic carbocycles. The molecule has 0 bridgehead atoms. The molecule has 0 heterocycles. The van der Waals surface area contributed by atoms with Crippen LogP contribution < -0.4 is 0 Å². The third-order valence-electron chi connectivity index (χ3n) is 3.49. The summed E-state index contributed by atoms with van der Waals surface area (Å²) in [7, 11) is -6.78. The van der Waals surface area contributed by atoms with Crippen molar-refractivity contribution >= 4 is 15.4 Å². The minimum absolute atomic E-state index is 0.0471. The molecule has 0 rings (SSSR count). The maximum Gasteiger partial charge on any atom is 0.335 e. The van der Waals surface area contributed by atoms with Crippen molar-refractivity contribution in [3.8, 4) is 0 Å². The Balaban J connectivity index is 4.34. The average Bonchev–Trinajstić information content (AvgIpc) is 2.42. The molecule has 7 heteroatoms. The van der Waals surface area contributed by atoms with Crippen LogP contribution in [0.4, 0.5) is 0 Å².